The van der Waals surface area contributed by atoms with Gasteiger partial charge in [0, 0.05) is 13.0 Å². The first-order valence-electron chi connectivity index (χ1n) is 7.29. The summed E-state index contributed by atoms with van der Waals surface area (Å²) in [7, 11) is 0. The van der Waals surface area contributed by atoms with Gasteiger partial charge in [0.2, 0.25) is 5.91 Å². The summed E-state index contributed by atoms with van der Waals surface area (Å²) in [4.78, 5) is 11.7. The first kappa shape index (κ1) is 15.2. The highest BCUT2D eigenvalue weighted by molar-refractivity contribution is 5.75. The second-order valence-electron chi connectivity index (χ2n) is 5.10. The third-order valence-corrected chi connectivity index (χ3v) is 3.37. The largest absolute Gasteiger partial charge is 0.352 e. The minimum atomic E-state index is -0.209. The Labute approximate surface area is 125 Å². The fourth-order valence-corrected chi connectivity index (χ4v) is 2.15. The molecule has 2 aromatic carbocycles. The fourth-order valence-electron chi connectivity index (χ4n) is 2.15. The number of benzene rings is 2. The molecule has 21 heavy (non-hydrogen) atoms. The van der Waals surface area contributed by atoms with Crippen LogP contribution in [0.1, 0.15) is 30.4 Å². The number of hydrogen-bond donors (Lipinski definition) is 1. The van der Waals surface area contributed by atoms with Crippen LogP contribution < -0.4 is 5.32 Å². The molecule has 0 radical (unpaired) electrons. The van der Waals surface area contributed by atoms with Gasteiger partial charge in [-0.1, -0.05) is 42.5 Å². The van der Waals surface area contributed by atoms with E-state index < -0.39 is 0 Å². The molecule has 1 N–H and O–H groups in total. The minimum Gasteiger partial charge on any atom is -0.352 e. The van der Waals surface area contributed by atoms with Crippen LogP contribution in [-0.2, 0) is 17.8 Å². The Bertz CT molecular complexity index is 551. The monoisotopic (exact) mass is 285 g/mol. The van der Waals surface area contributed by atoms with Crippen molar-refractivity contribution < 1.29 is 9.18 Å². The highest BCUT2D eigenvalue weighted by atomic mass is 19.1. The second-order valence-corrected chi connectivity index (χ2v) is 5.10. The molecule has 110 valence electrons. The molecule has 3 heteroatoms. The Morgan fingerprint density at radius 1 is 0.905 bits per heavy atom. The molecule has 0 saturated carbocycles. The van der Waals surface area contributed by atoms with Crippen LogP contribution in [-0.4, -0.2) is 5.91 Å². The lowest BCUT2D eigenvalue weighted by Crippen LogP contribution is -2.22. The molecule has 0 unspecified atom stereocenters. The lowest BCUT2D eigenvalue weighted by atomic mass is 10.1. The lowest BCUT2D eigenvalue weighted by molar-refractivity contribution is -0.121. The molecule has 0 saturated heterocycles. The van der Waals surface area contributed by atoms with Gasteiger partial charge in [-0.15, -0.1) is 0 Å². The predicted octanol–water partition coefficient (Wildman–Crippen LogP) is 3.85. The summed E-state index contributed by atoms with van der Waals surface area (Å²) in [6.45, 7) is 0.581. The average molecular weight is 285 g/mol. The highest BCUT2D eigenvalue weighted by Crippen LogP contribution is 2.08. The second kappa shape index (κ2) is 8.20. The maximum absolute atomic E-state index is 12.8. The molecule has 0 spiro atoms. The summed E-state index contributed by atoms with van der Waals surface area (Å²) in [5.74, 6) is -0.128. The van der Waals surface area contributed by atoms with Crippen LogP contribution in [0.25, 0.3) is 0 Å². The molecule has 0 fully saturated rings. The minimum absolute atomic E-state index is 0.0814. The molecule has 2 aromatic rings. The van der Waals surface area contributed by atoms with E-state index in [9.17, 15) is 9.18 Å². The number of carbonyl (C=O) groups excluding carboxylic acids is 1. The van der Waals surface area contributed by atoms with E-state index in [2.05, 4.69) is 5.32 Å². The van der Waals surface area contributed by atoms with Crippen LogP contribution in [0, 0.1) is 5.82 Å². The van der Waals surface area contributed by atoms with Crippen molar-refractivity contribution >= 4 is 5.91 Å². The smallest absolute Gasteiger partial charge is 0.220 e. The van der Waals surface area contributed by atoms with Crippen molar-refractivity contribution in [2.75, 3.05) is 0 Å². The van der Waals surface area contributed by atoms with Crippen LogP contribution in [0.5, 0.6) is 0 Å². The summed E-state index contributed by atoms with van der Waals surface area (Å²) < 4.78 is 12.8. The number of carbonyl (C=O) groups is 1. The SMILES string of the molecule is O=C(CCCCc1ccc(F)cc1)NCc1ccccc1. The zero-order valence-corrected chi connectivity index (χ0v) is 12.0. The third-order valence-electron chi connectivity index (χ3n) is 3.37. The van der Waals surface area contributed by atoms with Crippen molar-refractivity contribution in [3.63, 3.8) is 0 Å². The summed E-state index contributed by atoms with van der Waals surface area (Å²) in [5.41, 5.74) is 2.22. The standard InChI is InChI=1S/C18H20FNO/c19-17-12-10-15(11-13-17)6-4-5-9-18(21)20-14-16-7-2-1-3-8-16/h1-3,7-8,10-13H,4-6,9,14H2,(H,20,21). The van der Waals surface area contributed by atoms with Gasteiger partial charge in [-0.05, 0) is 42.5 Å². The lowest BCUT2D eigenvalue weighted by Gasteiger charge is -2.05. The molecule has 1 amide bonds. The van der Waals surface area contributed by atoms with Crippen molar-refractivity contribution in [2.24, 2.45) is 0 Å². The topological polar surface area (TPSA) is 29.1 Å². The third kappa shape index (κ3) is 5.78. The average Bonchev–Trinajstić information content (AvgIpc) is 2.52. The quantitative estimate of drug-likeness (QED) is 0.769. The van der Waals surface area contributed by atoms with Gasteiger partial charge >= 0.3 is 0 Å². The zero-order valence-electron chi connectivity index (χ0n) is 12.0. The van der Waals surface area contributed by atoms with Gasteiger partial charge in [0.1, 0.15) is 5.82 Å². The van der Waals surface area contributed by atoms with Crippen LogP contribution in [0.4, 0.5) is 4.39 Å². The van der Waals surface area contributed by atoms with Crippen LogP contribution >= 0.6 is 0 Å². The van der Waals surface area contributed by atoms with Crippen molar-refractivity contribution in [2.45, 2.75) is 32.2 Å². The molecule has 0 aliphatic carbocycles. The van der Waals surface area contributed by atoms with Crippen LogP contribution in [0.3, 0.4) is 0 Å². The Morgan fingerprint density at radius 2 is 1.62 bits per heavy atom. The molecule has 2 nitrogen and oxygen atoms in total. The van der Waals surface area contributed by atoms with Gasteiger partial charge in [0.05, 0.1) is 0 Å². The van der Waals surface area contributed by atoms with Gasteiger partial charge in [-0.2, -0.15) is 0 Å². The molecule has 0 aliphatic heterocycles. The van der Waals surface area contributed by atoms with E-state index in [4.69, 9.17) is 0 Å². The molecular weight excluding hydrogens is 265 g/mol. The maximum atomic E-state index is 12.8. The van der Waals surface area contributed by atoms with E-state index in [1.54, 1.807) is 12.1 Å². The Kier molecular flexibility index (Phi) is 5.95. The van der Waals surface area contributed by atoms with Crippen molar-refractivity contribution in [1.29, 1.82) is 0 Å². The summed E-state index contributed by atoms with van der Waals surface area (Å²) in [6.07, 6.45) is 3.20. The molecule has 0 aromatic heterocycles. The maximum Gasteiger partial charge on any atom is 0.220 e. The van der Waals surface area contributed by atoms with E-state index in [-0.39, 0.29) is 11.7 Å². The van der Waals surface area contributed by atoms with Gasteiger partial charge in [-0.3, -0.25) is 4.79 Å². The van der Waals surface area contributed by atoms with Gasteiger partial charge < -0.3 is 5.32 Å². The zero-order chi connectivity index (χ0) is 14.9. The summed E-state index contributed by atoms with van der Waals surface area (Å²) in [6, 6.07) is 16.4. The number of nitrogens with one attached hydrogen (secondary N) is 1. The predicted molar refractivity (Wildman–Crippen MR) is 82.2 cm³/mol. The number of rotatable bonds is 7. The van der Waals surface area contributed by atoms with Crippen LogP contribution in [0.2, 0.25) is 0 Å². The van der Waals surface area contributed by atoms with E-state index in [0.717, 1.165) is 30.4 Å². The van der Waals surface area contributed by atoms with E-state index in [1.807, 2.05) is 30.3 Å². The van der Waals surface area contributed by atoms with Crippen molar-refractivity contribution in [3.8, 4) is 0 Å². The number of amides is 1. The summed E-state index contributed by atoms with van der Waals surface area (Å²) in [5, 5.41) is 2.92. The Morgan fingerprint density at radius 3 is 2.33 bits per heavy atom. The molecule has 0 heterocycles. The van der Waals surface area contributed by atoms with E-state index >= 15 is 0 Å². The van der Waals surface area contributed by atoms with E-state index in [1.165, 1.54) is 12.1 Å². The van der Waals surface area contributed by atoms with E-state index in [0.29, 0.717) is 13.0 Å². The van der Waals surface area contributed by atoms with Gasteiger partial charge in [-0.25, -0.2) is 4.39 Å². The van der Waals surface area contributed by atoms with Crippen LogP contribution in [0.15, 0.2) is 54.6 Å². The molecule has 2 rings (SSSR count). The van der Waals surface area contributed by atoms with Crippen molar-refractivity contribution in [3.05, 3.63) is 71.5 Å². The molecule has 0 bridgehead atoms. The Hall–Kier alpha value is -2.16. The molecule has 0 aliphatic rings. The van der Waals surface area contributed by atoms with Gasteiger partial charge in [0.15, 0.2) is 0 Å². The highest BCUT2D eigenvalue weighted by Gasteiger charge is 2.01. The first-order chi connectivity index (χ1) is 10.2. The molecular formula is C18H20FNO. The first-order valence-corrected chi connectivity index (χ1v) is 7.29. The molecule has 0 atom stereocenters. The van der Waals surface area contributed by atoms with Crippen molar-refractivity contribution in [1.82, 2.24) is 5.32 Å². The number of halogens is 1. The number of aryl methyl sites for hydroxylation is 1. The Balaban J connectivity index is 1.60. The van der Waals surface area contributed by atoms with Gasteiger partial charge in [0.25, 0.3) is 0 Å². The number of hydrogen-bond acceptors (Lipinski definition) is 1. The normalized spacial score (nSPS) is 10.3. The fraction of sp³-hybridized carbons (Fsp3) is 0.278. The number of unbranched alkanes of at least 4 members (excludes halogenated alkanes) is 1. The summed E-state index contributed by atoms with van der Waals surface area (Å²) >= 11 is 0.